The minimum Gasteiger partial charge on any atom is -0.295 e. The molecule has 17 heavy (non-hydrogen) atoms. The molecule has 0 fully saturated rings. The van der Waals surface area contributed by atoms with Crippen molar-refractivity contribution in [2.75, 3.05) is 5.75 Å². The van der Waals surface area contributed by atoms with Gasteiger partial charge in [-0.3, -0.25) is 4.79 Å². The average molecular weight is 250 g/mol. The smallest absolute Gasteiger partial charge is 0.159 e. The summed E-state index contributed by atoms with van der Waals surface area (Å²) in [5.41, 5.74) is 0.820. The maximum Gasteiger partial charge on any atom is 0.159 e. The molecule has 0 heterocycles. The summed E-state index contributed by atoms with van der Waals surface area (Å²) in [4.78, 5) is 12.5. The second-order valence-electron chi connectivity index (χ2n) is 4.35. The van der Waals surface area contributed by atoms with Gasteiger partial charge in [0, 0.05) is 10.5 Å². The maximum absolute atomic E-state index is 11.2. The molecule has 0 saturated heterocycles. The molecular weight excluding hydrogens is 228 g/mol. The van der Waals surface area contributed by atoms with Gasteiger partial charge in [-0.1, -0.05) is 44.7 Å². The van der Waals surface area contributed by atoms with Crippen LogP contribution in [0.4, 0.5) is 0 Å². The van der Waals surface area contributed by atoms with Gasteiger partial charge in [0.05, 0.1) is 0 Å². The van der Waals surface area contributed by atoms with Crippen molar-refractivity contribution in [1.29, 1.82) is 0 Å². The van der Waals surface area contributed by atoms with E-state index >= 15 is 0 Å². The number of carbonyl (C=O) groups excluding carboxylic acids is 1. The lowest BCUT2D eigenvalue weighted by Gasteiger charge is -2.03. The Labute approximate surface area is 109 Å². The molecule has 1 aromatic carbocycles. The van der Waals surface area contributed by atoms with Crippen LogP contribution in [0.15, 0.2) is 29.2 Å². The van der Waals surface area contributed by atoms with Crippen molar-refractivity contribution in [2.24, 2.45) is 0 Å². The van der Waals surface area contributed by atoms with E-state index < -0.39 is 0 Å². The minimum absolute atomic E-state index is 0.149. The van der Waals surface area contributed by atoms with E-state index in [-0.39, 0.29) is 5.78 Å². The van der Waals surface area contributed by atoms with Gasteiger partial charge in [0.2, 0.25) is 0 Å². The molecular formula is C15H22OS. The molecule has 0 atom stereocenters. The summed E-state index contributed by atoms with van der Waals surface area (Å²) in [5.74, 6) is 1.31. The van der Waals surface area contributed by atoms with Crippen molar-refractivity contribution < 1.29 is 4.79 Å². The van der Waals surface area contributed by atoms with E-state index in [2.05, 4.69) is 13.0 Å². The van der Waals surface area contributed by atoms with Crippen molar-refractivity contribution in [1.82, 2.24) is 0 Å². The van der Waals surface area contributed by atoms with Crippen LogP contribution in [0.25, 0.3) is 0 Å². The summed E-state index contributed by atoms with van der Waals surface area (Å²) in [5, 5.41) is 0. The molecule has 2 heteroatoms. The highest BCUT2D eigenvalue weighted by molar-refractivity contribution is 7.99. The van der Waals surface area contributed by atoms with Gasteiger partial charge in [-0.15, -0.1) is 11.8 Å². The predicted molar refractivity (Wildman–Crippen MR) is 75.9 cm³/mol. The molecule has 0 N–H and O–H groups in total. The third-order valence-electron chi connectivity index (χ3n) is 2.76. The van der Waals surface area contributed by atoms with Gasteiger partial charge >= 0.3 is 0 Å². The second-order valence-corrected chi connectivity index (χ2v) is 5.52. The third kappa shape index (κ3) is 5.92. The Hall–Kier alpha value is -0.760. The van der Waals surface area contributed by atoms with Gasteiger partial charge in [0.25, 0.3) is 0 Å². The molecule has 0 radical (unpaired) electrons. The maximum atomic E-state index is 11.2. The predicted octanol–water partition coefficient (Wildman–Crippen LogP) is 4.95. The van der Waals surface area contributed by atoms with Gasteiger partial charge in [-0.2, -0.15) is 0 Å². The monoisotopic (exact) mass is 250 g/mol. The Balaban J connectivity index is 2.27. The molecule has 0 aliphatic carbocycles. The quantitative estimate of drug-likeness (QED) is 0.369. The topological polar surface area (TPSA) is 17.1 Å². The van der Waals surface area contributed by atoms with E-state index in [4.69, 9.17) is 0 Å². The molecule has 1 aromatic rings. The zero-order valence-electron chi connectivity index (χ0n) is 10.9. The van der Waals surface area contributed by atoms with Gasteiger partial charge in [-0.05, 0) is 31.2 Å². The zero-order valence-corrected chi connectivity index (χ0v) is 11.7. The lowest BCUT2D eigenvalue weighted by molar-refractivity contribution is 0.101. The van der Waals surface area contributed by atoms with E-state index in [0.29, 0.717) is 0 Å². The first-order valence-corrected chi connectivity index (χ1v) is 7.46. The number of unbranched alkanes of at least 4 members (excludes halogenated alkanes) is 4. The molecule has 0 aliphatic rings. The lowest BCUT2D eigenvalue weighted by atomic mass is 10.2. The fourth-order valence-electron chi connectivity index (χ4n) is 1.70. The van der Waals surface area contributed by atoms with Crippen LogP contribution < -0.4 is 0 Å². The fourth-order valence-corrected chi connectivity index (χ4v) is 2.67. The van der Waals surface area contributed by atoms with Crippen molar-refractivity contribution >= 4 is 17.5 Å². The normalized spacial score (nSPS) is 10.5. The van der Waals surface area contributed by atoms with Crippen LogP contribution in [0, 0.1) is 0 Å². The van der Waals surface area contributed by atoms with Crippen molar-refractivity contribution in [2.45, 2.75) is 50.8 Å². The Bertz CT molecular complexity index is 347. The molecule has 94 valence electrons. The van der Waals surface area contributed by atoms with Crippen molar-refractivity contribution in [3.8, 4) is 0 Å². The number of thioether (sulfide) groups is 1. The molecule has 0 unspecified atom stereocenters. The van der Waals surface area contributed by atoms with Crippen LogP contribution in [0.1, 0.15) is 56.3 Å². The highest BCUT2D eigenvalue weighted by Gasteiger charge is 2.00. The number of carbonyl (C=O) groups is 1. The summed E-state index contributed by atoms with van der Waals surface area (Å²) >= 11 is 1.86. The molecule has 1 nitrogen and oxygen atoms in total. The summed E-state index contributed by atoms with van der Waals surface area (Å²) in [6.45, 7) is 3.86. The van der Waals surface area contributed by atoms with E-state index in [1.54, 1.807) is 6.92 Å². The number of hydrogen-bond acceptors (Lipinski definition) is 2. The standard InChI is InChI=1S/C15H22OS/c1-3-4-5-6-7-11-17-15-10-8-9-14(12-15)13(2)16/h8-10,12H,3-7,11H2,1-2H3. The zero-order chi connectivity index (χ0) is 12.5. The highest BCUT2D eigenvalue weighted by atomic mass is 32.2. The lowest BCUT2D eigenvalue weighted by Crippen LogP contribution is -1.91. The minimum atomic E-state index is 0.149. The SMILES string of the molecule is CCCCCCCSc1cccc(C(C)=O)c1. The number of rotatable bonds is 8. The van der Waals surface area contributed by atoms with Crippen molar-refractivity contribution in [3.63, 3.8) is 0 Å². The first-order chi connectivity index (χ1) is 8.24. The molecule has 1 rings (SSSR count). The first kappa shape index (κ1) is 14.3. The van der Waals surface area contributed by atoms with Gasteiger partial charge in [-0.25, -0.2) is 0 Å². The average Bonchev–Trinajstić information content (AvgIpc) is 2.34. The van der Waals surface area contributed by atoms with Crippen molar-refractivity contribution in [3.05, 3.63) is 29.8 Å². The van der Waals surface area contributed by atoms with Crippen LogP contribution in [0.2, 0.25) is 0 Å². The van der Waals surface area contributed by atoms with E-state index in [1.165, 1.54) is 37.0 Å². The van der Waals surface area contributed by atoms with Crippen LogP contribution in [0.5, 0.6) is 0 Å². The number of ketones is 1. The summed E-state index contributed by atoms with van der Waals surface area (Å²) in [7, 11) is 0. The van der Waals surface area contributed by atoms with Gasteiger partial charge < -0.3 is 0 Å². The largest absolute Gasteiger partial charge is 0.295 e. The Morgan fingerprint density at radius 1 is 1.18 bits per heavy atom. The van der Waals surface area contributed by atoms with E-state index in [1.807, 2.05) is 30.0 Å². The molecule has 0 aromatic heterocycles. The summed E-state index contributed by atoms with van der Waals surface area (Å²) < 4.78 is 0. The Morgan fingerprint density at radius 2 is 1.94 bits per heavy atom. The molecule has 0 aliphatic heterocycles. The van der Waals surface area contributed by atoms with Gasteiger partial charge in [0.1, 0.15) is 0 Å². The van der Waals surface area contributed by atoms with E-state index in [9.17, 15) is 4.79 Å². The van der Waals surface area contributed by atoms with Gasteiger partial charge in [0.15, 0.2) is 5.78 Å². The number of benzene rings is 1. The molecule has 0 saturated carbocycles. The third-order valence-corrected chi connectivity index (χ3v) is 3.84. The van der Waals surface area contributed by atoms with Crippen LogP contribution in [0.3, 0.4) is 0 Å². The highest BCUT2D eigenvalue weighted by Crippen LogP contribution is 2.21. The molecule has 0 spiro atoms. The first-order valence-electron chi connectivity index (χ1n) is 6.48. The fraction of sp³-hybridized carbons (Fsp3) is 0.533. The van der Waals surface area contributed by atoms with Crippen LogP contribution in [-0.4, -0.2) is 11.5 Å². The molecule has 0 bridgehead atoms. The molecule has 0 amide bonds. The Kier molecular flexibility index (Phi) is 7.02. The van der Waals surface area contributed by atoms with Crippen LogP contribution in [-0.2, 0) is 0 Å². The van der Waals surface area contributed by atoms with Crippen LogP contribution >= 0.6 is 11.8 Å². The second kappa shape index (κ2) is 8.35. The number of Topliss-reactive ketones (excluding diaryl/α,β-unsaturated/α-hetero) is 1. The van der Waals surface area contributed by atoms with E-state index in [0.717, 1.165) is 11.3 Å². The Morgan fingerprint density at radius 3 is 2.65 bits per heavy atom. The number of hydrogen-bond donors (Lipinski definition) is 0. The summed E-state index contributed by atoms with van der Waals surface area (Å²) in [6.07, 6.45) is 6.60. The summed E-state index contributed by atoms with van der Waals surface area (Å²) in [6, 6.07) is 7.94.